The van der Waals surface area contributed by atoms with Crippen LogP contribution in [0.4, 0.5) is 5.82 Å². The molecule has 1 aliphatic heterocycles. The molecule has 0 saturated carbocycles. The number of amides is 3. The molecule has 310 valence electrons. The zero-order chi connectivity index (χ0) is 42.4. The quantitative estimate of drug-likeness (QED) is 0.0264. The SMILES string of the molecule is C=C1N(C)C(=O)c2[nH]c(CCCC(=O)NCCOCCNC(=O)c3cc(C)c(OC(=O)c4c5ccccc5[n+](CCCS(=O)(=O)O)c5ccccc45)c(C)c3)nc2N1C. The molecule has 0 unspecified atom stereocenters. The van der Waals surface area contributed by atoms with Crippen LogP contribution in [0.5, 0.6) is 5.75 Å². The Morgan fingerprint density at radius 1 is 0.915 bits per heavy atom. The third kappa shape index (κ3) is 9.76. The number of esters is 1. The van der Waals surface area contributed by atoms with Gasteiger partial charge in [-0.05, 0) is 55.7 Å². The number of benzene rings is 3. The van der Waals surface area contributed by atoms with Crippen molar-refractivity contribution in [1.82, 2.24) is 25.5 Å². The fraction of sp³-hybridized carbons (Fsp3) is 0.333. The zero-order valence-electron chi connectivity index (χ0n) is 33.5. The number of rotatable bonds is 17. The number of carbonyl (C=O) groups excluding carboxylic acids is 4. The number of nitrogens with one attached hydrogen (secondary N) is 3. The normalized spacial score (nSPS) is 12.9. The van der Waals surface area contributed by atoms with Crippen LogP contribution in [0.3, 0.4) is 0 Å². The maximum atomic E-state index is 14.0. The van der Waals surface area contributed by atoms with Gasteiger partial charge in [0.15, 0.2) is 12.4 Å². The smallest absolute Gasteiger partial charge is 0.345 e. The Kier molecular flexibility index (Phi) is 13.1. The maximum absolute atomic E-state index is 14.0. The van der Waals surface area contributed by atoms with Gasteiger partial charge in [0.25, 0.3) is 21.9 Å². The van der Waals surface area contributed by atoms with Gasteiger partial charge in [-0.1, -0.05) is 30.8 Å². The van der Waals surface area contributed by atoms with Gasteiger partial charge in [-0.15, -0.1) is 0 Å². The number of hydrogen-bond acceptors (Lipinski definition) is 10. The van der Waals surface area contributed by atoms with E-state index >= 15 is 0 Å². The second-order valence-electron chi connectivity index (χ2n) is 14.3. The molecule has 59 heavy (non-hydrogen) atoms. The molecule has 5 aromatic rings. The summed E-state index contributed by atoms with van der Waals surface area (Å²) in [4.78, 5) is 62.7. The molecule has 0 atom stereocenters. The number of aromatic nitrogens is 3. The Balaban J connectivity index is 0.969. The molecule has 3 amide bonds. The molecular formula is C42H48N7O9S+. The number of ether oxygens (including phenoxy) is 2. The number of aryl methyl sites for hydroxylation is 4. The van der Waals surface area contributed by atoms with Crippen molar-refractivity contribution >= 4 is 61.4 Å². The molecule has 0 fully saturated rings. The summed E-state index contributed by atoms with van der Waals surface area (Å²) >= 11 is 0. The van der Waals surface area contributed by atoms with Crippen molar-refractivity contribution in [2.24, 2.45) is 0 Å². The number of H-pyrrole nitrogens is 1. The molecule has 1 aliphatic rings. The Morgan fingerprint density at radius 2 is 1.53 bits per heavy atom. The van der Waals surface area contributed by atoms with E-state index in [4.69, 9.17) is 9.47 Å². The Labute approximate surface area is 341 Å². The predicted octanol–water partition coefficient (Wildman–Crippen LogP) is 4.00. The molecule has 3 heterocycles. The minimum Gasteiger partial charge on any atom is -0.422 e. The van der Waals surface area contributed by atoms with Crippen LogP contribution in [-0.2, 0) is 32.6 Å². The fourth-order valence-corrected chi connectivity index (χ4v) is 7.62. The minimum atomic E-state index is -4.14. The summed E-state index contributed by atoms with van der Waals surface area (Å²) in [5.41, 5.74) is 3.72. The number of imidazole rings is 1. The van der Waals surface area contributed by atoms with Gasteiger partial charge >= 0.3 is 5.97 Å². The molecule has 0 radical (unpaired) electrons. The lowest BCUT2D eigenvalue weighted by Crippen LogP contribution is -2.40. The highest BCUT2D eigenvalue weighted by Gasteiger charge is 2.32. The average molecular weight is 827 g/mol. The number of hydrogen-bond donors (Lipinski definition) is 4. The maximum Gasteiger partial charge on any atom is 0.345 e. The van der Waals surface area contributed by atoms with Gasteiger partial charge in [-0.25, -0.2) is 9.78 Å². The summed E-state index contributed by atoms with van der Waals surface area (Å²) in [7, 11) is -0.698. The summed E-state index contributed by atoms with van der Waals surface area (Å²) in [5, 5.41) is 6.88. The van der Waals surface area contributed by atoms with Crippen molar-refractivity contribution in [2.75, 3.05) is 51.1 Å². The van der Waals surface area contributed by atoms with Crippen molar-refractivity contribution in [3.05, 3.63) is 107 Å². The lowest BCUT2D eigenvalue weighted by atomic mass is 10.0. The number of para-hydroxylation sites is 2. The number of nitrogens with zero attached hydrogens (tertiary/aromatic N) is 4. The molecule has 6 rings (SSSR count). The number of fused-ring (bicyclic) bond motifs is 3. The summed E-state index contributed by atoms with van der Waals surface area (Å²) in [6.07, 6.45) is 1.48. The molecule has 0 aliphatic carbocycles. The van der Waals surface area contributed by atoms with E-state index in [0.29, 0.717) is 98.9 Å². The van der Waals surface area contributed by atoms with Crippen molar-refractivity contribution in [1.29, 1.82) is 0 Å². The van der Waals surface area contributed by atoms with Gasteiger partial charge in [0, 0.05) is 64.1 Å². The lowest BCUT2D eigenvalue weighted by molar-refractivity contribution is -0.645. The van der Waals surface area contributed by atoms with Crippen molar-refractivity contribution < 1.29 is 46.2 Å². The molecule has 17 heteroatoms. The van der Waals surface area contributed by atoms with Crippen LogP contribution in [-0.4, -0.2) is 97.7 Å². The number of aromatic amines is 1. The highest BCUT2D eigenvalue weighted by Crippen LogP contribution is 2.31. The van der Waals surface area contributed by atoms with E-state index in [1.807, 2.05) is 53.1 Å². The standard InChI is InChI=1S/C42H47N7O9S/c1-26-24-29(40(51)44-19-22-57-21-18-43-35(50)17-10-16-34-45-37-39(46-34)47(4)28(3)48(5)41(37)52)25-27(2)38(26)58-42(53)36-30-12-6-8-14-32(30)49(20-11-23-59(54,55)56)33-15-9-7-13-31(33)36/h6-9,12-15,24-25H,3,10-11,16-23H2,1-2,4-5H3,(H3-,43,44,45,46,50,51,52,54,55,56)/p+1. The van der Waals surface area contributed by atoms with E-state index in [-0.39, 0.29) is 50.3 Å². The Hall–Kier alpha value is -6.17. The van der Waals surface area contributed by atoms with Crippen LogP contribution in [0.25, 0.3) is 21.8 Å². The fourth-order valence-electron chi connectivity index (χ4n) is 7.13. The summed E-state index contributed by atoms with van der Waals surface area (Å²) in [6.45, 7) is 8.75. The number of carbonyl (C=O) groups is 4. The molecule has 16 nitrogen and oxygen atoms in total. The molecule has 3 aromatic carbocycles. The monoisotopic (exact) mass is 826 g/mol. The molecule has 0 saturated heterocycles. The van der Waals surface area contributed by atoms with E-state index in [1.54, 1.807) is 45.0 Å². The molecular weight excluding hydrogens is 779 g/mol. The topological polar surface area (TPSA) is 204 Å². The molecule has 0 spiro atoms. The largest absolute Gasteiger partial charge is 0.422 e. The van der Waals surface area contributed by atoms with Crippen LogP contribution in [0.15, 0.2) is 73.1 Å². The lowest BCUT2D eigenvalue weighted by Gasteiger charge is -2.32. The van der Waals surface area contributed by atoms with Gasteiger partial charge in [0.1, 0.15) is 23.1 Å². The summed E-state index contributed by atoms with van der Waals surface area (Å²) < 4.78 is 45.7. The zero-order valence-corrected chi connectivity index (χ0v) is 34.3. The van der Waals surface area contributed by atoms with Gasteiger partial charge in [0.2, 0.25) is 16.9 Å². The second-order valence-corrected chi connectivity index (χ2v) is 15.9. The highest BCUT2D eigenvalue weighted by molar-refractivity contribution is 7.85. The van der Waals surface area contributed by atoms with Crippen LogP contribution in [0, 0.1) is 13.8 Å². The van der Waals surface area contributed by atoms with Crippen molar-refractivity contribution in [2.45, 2.75) is 46.1 Å². The summed E-state index contributed by atoms with van der Waals surface area (Å²) in [5.74, 6) is 0.360. The second kappa shape index (κ2) is 18.2. The van der Waals surface area contributed by atoms with E-state index in [2.05, 4.69) is 27.2 Å². The van der Waals surface area contributed by atoms with Crippen LogP contribution in [0.2, 0.25) is 0 Å². The molecule has 4 N–H and O–H groups in total. The highest BCUT2D eigenvalue weighted by atomic mass is 32.2. The average Bonchev–Trinajstić information content (AvgIpc) is 3.63. The molecule has 0 bridgehead atoms. The number of pyridine rings is 1. The van der Waals surface area contributed by atoms with Crippen LogP contribution in [0.1, 0.15) is 67.4 Å². The van der Waals surface area contributed by atoms with Gasteiger partial charge in [-0.2, -0.15) is 13.0 Å². The van der Waals surface area contributed by atoms with Crippen molar-refractivity contribution in [3.8, 4) is 5.75 Å². The van der Waals surface area contributed by atoms with Gasteiger partial charge in [-0.3, -0.25) is 23.8 Å². The molecule has 2 aromatic heterocycles. The minimum absolute atomic E-state index is 0.135. The van der Waals surface area contributed by atoms with E-state index in [0.717, 1.165) is 0 Å². The van der Waals surface area contributed by atoms with E-state index in [9.17, 15) is 32.1 Å². The Bertz CT molecular complexity index is 2490. The number of anilines is 1. The first-order valence-electron chi connectivity index (χ1n) is 19.2. The first kappa shape index (κ1) is 42.4. The van der Waals surface area contributed by atoms with Crippen molar-refractivity contribution in [3.63, 3.8) is 0 Å². The van der Waals surface area contributed by atoms with Gasteiger partial charge in [0.05, 0.1) is 35.3 Å². The van der Waals surface area contributed by atoms with Crippen LogP contribution < -0.4 is 24.8 Å². The van der Waals surface area contributed by atoms with Crippen LogP contribution >= 0.6 is 0 Å². The van der Waals surface area contributed by atoms with Gasteiger partial charge < -0.3 is 30.0 Å². The predicted molar refractivity (Wildman–Crippen MR) is 221 cm³/mol. The first-order chi connectivity index (χ1) is 28.1. The third-order valence-corrected chi connectivity index (χ3v) is 10.9. The summed E-state index contributed by atoms with van der Waals surface area (Å²) in [6, 6.07) is 17.9. The van der Waals surface area contributed by atoms with E-state index < -0.39 is 21.8 Å². The van der Waals surface area contributed by atoms with E-state index in [1.165, 1.54) is 4.90 Å². The Morgan fingerprint density at radius 3 is 2.15 bits per heavy atom. The first-order valence-corrected chi connectivity index (χ1v) is 20.8. The third-order valence-electron chi connectivity index (χ3n) is 10.1.